The molecule has 1 saturated heterocycles. The van der Waals surface area contributed by atoms with Crippen molar-refractivity contribution in [1.29, 1.82) is 0 Å². The molecule has 0 aliphatic carbocycles. The molecule has 0 saturated carbocycles. The van der Waals surface area contributed by atoms with Crippen LogP contribution < -0.4 is 4.90 Å². The highest BCUT2D eigenvalue weighted by Crippen LogP contribution is 2.11. The van der Waals surface area contributed by atoms with Crippen molar-refractivity contribution in [3.8, 4) is 0 Å². The molecule has 4 heteroatoms. The van der Waals surface area contributed by atoms with Gasteiger partial charge in [0.2, 0.25) is 5.95 Å². The minimum absolute atomic E-state index is 0.636. The Bertz CT molecular complexity index is 312. The van der Waals surface area contributed by atoms with Crippen molar-refractivity contribution in [2.75, 3.05) is 31.1 Å². The standard InChI is InChI=1S/C12H20N4/c1-11(2)15-7-4-8-16(10-9-15)12-13-5-3-6-14-12/h3,5-6,11H,4,7-10H2,1-2H3. The Balaban J connectivity index is 1.99. The van der Waals surface area contributed by atoms with Crippen LogP contribution in [-0.4, -0.2) is 47.1 Å². The van der Waals surface area contributed by atoms with Crippen LogP contribution in [0.1, 0.15) is 20.3 Å². The van der Waals surface area contributed by atoms with Crippen LogP contribution >= 0.6 is 0 Å². The molecule has 4 nitrogen and oxygen atoms in total. The molecule has 0 radical (unpaired) electrons. The Morgan fingerprint density at radius 2 is 1.81 bits per heavy atom. The normalized spacial score (nSPS) is 18.8. The summed E-state index contributed by atoms with van der Waals surface area (Å²) in [6.45, 7) is 8.90. The third-order valence-electron chi connectivity index (χ3n) is 3.10. The van der Waals surface area contributed by atoms with E-state index in [4.69, 9.17) is 0 Å². The fraction of sp³-hybridized carbons (Fsp3) is 0.667. The predicted octanol–water partition coefficient (Wildman–Crippen LogP) is 1.40. The van der Waals surface area contributed by atoms with Gasteiger partial charge in [-0.05, 0) is 26.3 Å². The molecule has 0 amide bonds. The van der Waals surface area contributed by atoms with Gasteiger partial charge in [0.15, 0.2) is 0 Å². The Kier molecular flexibility index (Phi) is 3.72. The van der Waals surface area contributed by atoms with Crippen LogP contribution in [0.4, 0.5) is 5.95 Å². The fourth-order valence-electron chi connectivity index (χ4n) is 2.11. The summed E-state index contributed by atoms with van der Waals surface area (Å²) in [6, 6.07) is 2.50. The van der Waals surface area contributed by atoms with Crippen LogP contribution in [0.2, 0.25) is 0 Å². The topological polar surface area (TPSA) is 32.3 Å². The largest absolute Gasteiger partial charge is 0.339 e. The fourth-order valence-corrected chi connectivity index (χ4v) is 2.11. The summed E-state index contributed by atoms with van der Waals surface area (Å²) in [5.41, 5.74) is 0. The molecule has 2 heterocycles. The lowest BCUT2D eigenvalue weighted by Gasteiger charge is -2.24. The van der Waals surface area contributed by atoms with Crippen LogP contribution in [-0.2, 0) is 0 Å². The van der Waals surface area contributed by atoms with Crippen LogP contribution in [0.5, 0.6) is 0 Å². The SMILES string of the molecule is CC(C)N1CCCN(c2ncccn2)CC1. The molecule has 16 heavy (non-hydrogen) atoms. The van der Waals surface area contributed by atoms with Gasteiger partial charge in [-0.2, -0.15) is 0 Å². The van der Waals surface area contributed by atoms with Crippen molar-refractivity contribution in [2.24, 2.45) is 0 Å². The molecule has 0 unspecified atom stereocenters. The van der Waals surface area contributed by atoms with E-state index in [9.17, 15) is 0 Å². The summed E-state index contributed by atoms with van der Waals surface area (Å²) in [7, 11) is 0. The van der Waals surface area contributed by atoms with Crippen LogP contribution in [0.25, 0.3) is 0 Å². The summed E-state index contributed by atoms with van der Waals surface area (Å²) < 4.78 is 0. The maximum absolute atomic E-state index is 4.31. The monoisotopic (exact) mass is 220 g/mol. The van der Waals surface area contributed by atoms with Crippen LogP contribution in [0, 0.1) is 0 Å². The molecule has 0 aromatic carbocycles. The number of rotatable bonds is 2. The second-order valence-electron chi connectivity index (χ2n) is 4.52. The van der Waals surface area contributed by atoms with Gasteiger partial charge in [-0.3, -0.25) is 4.90 Å². The lowest BCUT2D eigenvalue weighted by molar-refractivity contribution is 0.238. The summed E-state index contributed by atoms with van der Waals surface area (Å²) in [4.78, 5) is 13.4. The van der Waals surface area contributed by atoms with E-state index in [1.165, 1.54) is 13.0 Å². The van der Waals surface area contributed by atoms with E-state index in [0.717, 1.165) is 25.6 Å². The minimum Gasteiger partial charge on any atom is -0.339 e. The van der Waals surface area contributed by atoms with E-state index < -0.39 is 0 Å². The Morgan fingerprint density at radius 3 is 2.50 bits per heavy atom. The van der Waals surface area contributed by atoms with E-state index in [2.05, 4.69) is 33.6 Å². The summed E-state index contributed by atoms with van der Waals surface area (Å²) in [6.07, 6.45) is 4.82. The molecule has 2 rings (SSSR count). The Hall–Kier alpha value is -1.16. The van der Waals surface area contributed by atoms with Gasteiger partial charge in [0, 0.05) is 44.6 Å². The maximum atomic E-state index is 4.31. The average molecular weight is 220 g/mol. The first kappa shape index (κ1) is 11.3. The van der Waals surface area contributed by atoms with Gasteiger partial charge >= 0.3 is 0 Å². The van der Waals surface area contributed by atoms with Crippen molar-refractivity contribution in [1.82, 2.24) is 14.9 Å². The van der Waals surface area contributed by atoms with E-state index >= 15 is 0 Å². The van der Waals surface area contributed by atoms with Gasteiger partial charge in [-0.1, -0.05) is 0 Å². The number of hydrogen-bond donors (Lipinski definition) is 0. The second-order valence-corrected chi connectivity index (χ2v) is 4.52. The summed E-state index contributed by atoms with van der Waals surface area (Å²) in [5.74, 6) is 0.869. The van der Waals surface area contributed by atoms with Gasteiger partial charge in [0.1, 0.15) is 0 Å². The van der Waals surface area contributed by atoms with Crippen LogP contribution in [0.15, 0.2) is 18.5 Å². The summed E-state index contributed by atoms with van der Waals surface area (Å²) >= 11 is 0. The minimum atomic E-state index is 0.636. The van der Waals surface area contributed by atoms with E-state index in [1.54, 1.807) is 0 Å². The van der Waals surface area contributed by atoms with Crippen molar-refractivity contribution >= 4 is 5.95 Å². The quantitative estimate of drug-likeness (QED) is 0.754. The molecule has 1 aliphatic heterocycles. The molecule has 0 N–H and O–H groups in total. The van der Waals surface area contributed by atoms with Gasteiger partial charge in [-0.25, -0.2) is 9.97 Å². The first-order valence-corrected chi connectivity index (χ1v) is 6.03. The van der Waals surface area contributed by atoms with E-state index in [-0.39, 0.29) is 0 Å². The zero-order chi connectivity index (χ0) is 11.4. The molecular weight excluding hydrogens is 200 g/mol. The lowest BCUT2D eigenvalue weighted by atomic mass is 10.3. The maximum Gasteiger partial charge on any atom is 0.225 e. The van der Waals surface area contributed by atoms with Gasteiger partial charge in [0.05, 0.1) is 0 Å². The molecule has 88 valence electrons. The highest BCUT2D eigenvalue weighted by Gasteiger charge is 2.17. The zero-order valence-corrected chi connectivity index (χ0v) is 10.1. The molecule has 1 aliphatic rings. The average Bonchev–Trinajstić information content (AvgIpc) is 2.55. The highest BCUT2D eigenvalue weighted by molar-refractivity contribution is 5.28. The zero-order valence-electron chi connectivity index (χ0n) is 10.1. The van der Waals surface area contributed by atoms with E-state index in [1.807, 2.05) is 18.5 Å². The molecule has 1 aromatic rings. The first-order chi connectivity index (χ1) is 7.77. The number of aromatic nitrogens is 2. The van der Waals surface area contributed by atoms with Crippen LogP contribution in [0.3, 0.4) is 0 Å². The Morgan fingerprint density at radius 1 is 1.06 bits per heavy atom. The lowest BCUT2D eigenvalue weighted by Crippen LogP contribution is -2.35. The summed E-state index contributed by atoms with van der Waals surface area (Å²) in [5, 5.41) is 0. The van der Waals surface area contributed by atoms with Gasteiger partial charge < -0.3 is 4.90 Å². The van der Waals surface area contributed by atoms with Crippen molar-refractivity contribution in [3.63, 3.8) is 0 Å². The predicted molar refractivity (Wildman–Crippen MR) is 65.6 cm³/mol. The molecule has 0 bridgehead atoms. The molecular formula is C12H20N4. The first-order valence-electron chi connectivity index (χ1n) is 6.03. The third-order valence-corrected chi connectivity index (χ3v) is 3.10. The number of anilines is 1. The van der Waals surface area contributed by atoms with Gasteiger partial charge in [-0.15, -0.1) is 0 Å². The molecule has 1 fully saturated rings. The van der Waals surface area contributed by atoms with E-state index in [0.29, 0.717) is 6.04 Å². The Labute approximate surface area is 97.3 Å². The molecule has 1 aromatic heterocycles. The molecule has 0 spiro atoms. The number of nitrogens with zero attached hydrogens (tertiary/aromatic N) is 4. The van der Waals surface area contributed by atoms with Gasteiger partial charge in [0.25, 0.3) is 0 Å². The van der Waals surface area contributed by atoms with Crippen molar-refractivity contribution < 1.29 is 0 Å². The molecule has 0 atom stereocenters. The van der Waals surface area contributed by atoms with Crippen molar-refractivity contribution in [2.45, 2.75) is 26.3 Å². The smallest absolute Gasteiger partial charge is 0.225 e. The third kappa shape index (κ3) is 2.70. The highest BCUT2D eigenvalue weighted by atomic mass is 15.3. The van der Waals surface area contributed by atoms with Crippen molar-refractivity contribution in [3.05, 3.63) is 18.5 Å². The second kappa shape index (κ2) is 5.25. The number of hydrogen-bond acceptors (Lipinski definition) is 4.